The Bertz CT molecular complexity index is 1230. The van der Waals surface area contributed by atoms with Gasteiger partial charge >= 0.3 is 207 Å². The Morgan fingerprint density at radius 2 is 0.912 bits per heavy atom. The molecule has 3 nitrogen and oxygen atoms in total. The van der Waals surface area contributed by atoms with Crippen LogP contribution in [0.4, 0.5) is 20.2 Å². The van der Waals surface area contributed by atoms with Gasteiger partial charge in [0.15, 0.2) is 0 Å². The summed E-state index contributed by atoms with van der Waals surface area (Å²) in [5.41, 5.74) is 4.83. The molecule has 34 heavy (non-hydrogen) atoms. The van der Waals surface area contributed by atoms with Crippen molar-refractivity contribution in [2.75, 3.05) is 38.0 Å². The summed E-state index contributed by atoms with van der Waals surface area (Å²) in [7, 11) is 7.80. The van der Waals surface area contributed by atoms with Crippen LogP contribution >= 0.6 is 0 Å². The number of anilines is 2. The first-order valence-corrected chi connectivity index (χ1v) is 14.1. The summed E-state index contributed by atoms with van der Waals surface area (Å²) in [6.45, 7) is 0. The van der Waals surface area contributed by atoms with Crippen LogP contribution in [0.25, 0.3) is 22.3 Å². The molecule has 6 heteroatoms. The van der Waals surface area contributed by atoms with Gasteiger partial charge in [-0.2, -0.15) is 0 Å². The van der Waals surface area contributed by atoms with E-state index in [2.05, 4.69) is 0 Å². The molecule has 0 amide bonds. The second-order valence-electron chi connectivity index (χ2n) is 8.43. The van der Waals surface area contributed by atoms with Gasteiger partial charge in [0, 0.05) is 0 Å². The number of benzene rings is 4. The number of halogens is 2. The molecule has 0 aliphatic carbocycles. The van der Waals surface area contributed by atoms with Crippen LogP contribution in [-0.2, 0) is 3.10 Å². The summed E-state index contributed by atoms with van der Waals surface area (Å²) >= 11 is -3.43. The molecule has 4 aromatic carbocycles. The second kappa shape index (κ2) is 10.0. The molecule has 0 saturated carbocycles. The molecule has 174 valence electrons. The molecule has 4 rings (SSSR count). The predicted octanol–water partition coefficient (Wildman–Crippen LogP) is 4.97. The van der Waals surface area contributed by atoms with E-state index in [-0.39, 0.29) is 11.6 Å². The summed E-state index contributed by atoms with van der Waals surface area (Å²) in [4.78, 5) is 3.96. The minimum absolute atomic E-state index is 0.388. The molecular weight excluding hydrogens is 546 g/mol. The Morgan fingerprint density at radius 3 is 1.24 bits per heavy atom. The van der Waals surface area contributed by atoms with Gasteiger partial charge in [-0.05, 0) is 0 Å². The average Bonchev–Trinajstić information content (AvgIpc) is 2.83. The van der Waals surface area contributed by atoms with E-state index < -0.39 is 19.5 Å². The zero-order valence-electron chi connectivity index (χ0n) is 19.5. The fourth-order valence-electron chi connectivity index (χ4n) is 3.78. The van der Waals surface area contributed by atoms with Gasteiger partial charge in [-0.3, -0.25) is 0 Å². The van der Waals surface area contributed by atoms with E-state index in [1.54, 1.807) is 12.1 Å². The van der Waals surface area contributed by atoms with E-state index in [0.29, 0.717) is 18.3 Å². The van der Waals surface area contributed by atoms with Gasteiger partial charge in [0.1, 0.15) is 0 Å². The number of nitrogens with zero attached hydrogens (tertiary/aromatic N) is 2. The first kappa shape index (κ1) is 24.1. The molecule has 0 saturated heterocycles. The van der Waals surface area contributed by atoms with Gasteiger partial charge in [0.05, 0.1) is 0 Å². The van der Waals surface area contributed by atoms with Gasteiger partial charge in [-0.25, -0.2) is 0 Å². The van der Waals surface area contributed by atoms with E-state index in [4.69, 9.17) is 0 Å². The second-order valence-corrected chi connectivity index (χ2v) is 12.5. The third-order valence-corrected chi connectivity index (χ3v) is 9.98. The van der Waals surface area contributed by atoms with Crippen molar-refractivity contribution in [2.24, 2.45) is 0 Å². The number of rotatable bonds is 6. The van der Waals surface area contributed by atoms with Crippen molar-refractivity contribution in [3.8, 4) is 22.3 Å². The van der Waals surface area contributed by atoms with Crippen LogP contribution in [0, 0.1) is 11.6 Å². The molecule has 0 spiro atoms. The Hall–Kier alpha value is -3.07. The summed E-state index contributed by atoms with van der Waals surface area (Å²) in [5, 5.41) is 0. The molecule has 4 aromatic rings. The van der Waals surface area contributed by atoms with Gasteiger partial charge in [-0.15, -0.1) is 0 Å². The van der Waals surface area contributed by atoms with E-state index in [1.165, 1.54) is 24.3 Å². The summed E-state index contributed by atoms with van der Waals surface area (Å²) in [6, 6.07) is 24.2. The summed E-state index contributed by atoms with van der Waals surface area (Å²) in [5.74, 6) is -0.777. The maximum atomic E-state index is 14.3. The normalized spacial score (nSPS) is 11.0. The molecule has 0 unspecified atom stereocenters. The molecular formula is C28H26F2N2OTe. The monoisotopic (exact) mass is 574 g/mol. The van der Waals surface area contributed by atoms with Crippen molar-refractivity contribution in [3.05, 3.63) is 96.6 Å². The molecule has 0 N–H and O–H groups in total. The number of hydrogen-bond acceptors (Lipinski definition) is 3. The summed E-state index contributed by atoms with van der Waals surface area (Å²) < 4.78 is 43.7. The van der Waals surface area contributed by atoms with E-state index >= 15 is 0 Å². The van der Waals surface area contributed by atoms with Crippen molar-refractivity contribution in [1.82, 2.24) is 0 Å². The van der Waals surface area contributed by atoms with Gasteiger partial charge in [0.25, 0.3) is 0 Å². The molecule has 0 aliphatic rings. The first-order chi connectivity index (χ1) is 16.2. The van der Waals surface area contributed by atoms with Crippen LogP contribution in [0.15, 0.2) is 84.9 Å². The standard InChI is InChI=1S/C28H26F2N2OTe/c1-31(2)23-11-5-19(6-12-23)25-17-21(29)9-15-27(25)34(33)28-16-10-22(30)18-26(28)20-7-13-24(14-8-20)32(3)4/h5-18H,1-4H3. The summed E-state index contributed by atoms with van der Waals surface area (Å²) in [6.07, 6.45) is 0. The average molecular weight is 572 g/mol. The Labute approximate surface area is 206 Å². The zero-order valence-corrected chi connectivity index (χ0v) is 21.9. The van der Waals surface area contributed by atoms with Crippen LogP contribution in [0.2, 0.25) is 0 Å². The van der Waals surface area contributed by atoms with Crippen molar-refractivity contribution in [2.45, 2.75) is 0 Å². The minimum atomic E-state index is -3.43. The van der Waals surface area contributed by atoms with Gasteiger partial charge < -0.3 is 0 Å². The first-order valence-electron chi connectivity index (χ1n) is 10.8. The van der Waals surface area contributed by atoms with E-state index in [9.17, 15) is 11.9 Å². The zero-order chi connectivity index (χ0) is 24.4. The van der Waals surface area contributed by atoms with Crippen LogP contribution in [0.3, 0.4) is 0 Å². The topological polar surface area (TPSA) is 23.6 Å². The van der Waals surface area contributed by atoms with E-state index in [1.807, 2.05) is 86.5 Å². The molecule has 0 aliphatic heterocycles. The Morgan fingerprint density at radius 1 is 0.559 bits per heavy atom. The molecule has 0 atom stereocenters. The fraction of sp³-hybridized carbons (Fsp3) is 0.143. The van der Waals surface area contributed by atoms with E-state index in [0.717, 1.165) is 22.5 Å². The van der Waals surface area contributed by atoms with Crippen molar-refractivity contribution in [1.29, 1.82) is 0 Å². The quantitative estimate of drug-likeness (QED) is 0.306. The third kappa shape index (κ3) is 5.04. The van der Waals surface area contributed by atoms with Crippen LogP contribution < -0.4 is 17.0 Å². The number of hydrogen-bond donors (Lipinski definition) is 0. The molecule has 0 fully saturated rings. The third-order valence-electron chi connectivity index (χ3n) is 5.67. The fourth-order valence-corrected chi connectivity index (χ4v) is 7.69. The van der Waals surface area contributed by atoms with Crippen LogP contribution in [-0.4, -0.2) is 47.7 Å². The van der Waals surface area contributed by atoms with Crippen molar-refractivity contribution < 1.29 is 11.9 Å². The van der Waals surface area contributed by atoms with Crippen LogP contribution in [0.1, 0.15) is 0 Å². The van der Waals surface area contributed by atoms with Gasteiger partial charge in [0.2, 0.25) is 0 Å². The maximum absolute atomic E-state index is 14.3. The SMILES string of the molecule is CN(C)c1ccc(-c2cc(F)ccc2[Te](=O)c2ccc(F)cc2-c2ccc(N(C)C)cc2)cc1. The van der Waals surface area contributed by atoms with Gasteiger partial charge in [-0.1, -0.05) is 0 Å². The predicted molar refractivity (Wildman–Crippen MR) is 138 cm³/mol. The Kier molecular flexibility index (Phi) is 7.11. The van der Waals surface area contributed by atoms with Crippen LogP contribution in [0.5, 0.6) is 0 Å². The van der Waals surface area contributed by atoms with Crippen molar-refractivity contribution >= 4 is 38.1 Å². The Balaban J connectivity index is 1.81. The van der Waals surface area contributed by atoms with Crippen molar-refractivity contribution in [3.63, 3.8) is 0 Å². The molecule has 0 radical (unpaired) electrons. The molecule has 0 heterocycles. The molecule has 0 bridgehead atoms. The molecule has 0 aromatic heterocycles.